The third kappa shape index (κ3) is 2.99. The largest absolute Gasteiger partial charge is 0.380 e. The molecule has 2 aromatic carbocycles. The van der Waals surface area contributed by atoms with Crippen molar-refractivity contribution in [3.8, 4) is 0 Å². The van der Waals surface area contributed by atoms with Crippen LogP contribution in [0.2, 0.25) is 5.02 Å². The van der Waals surface area contributed by atoms with Crippen LogP contribution in [0.4, 0.5) is 10.1 Å². The molecule has 0 amide bonds. The number of rotatable bonds is 3. The maximum atomic E-state index is 13.6. The van der Waals surface area contributed by atoms with E-state index >= 15 is 0 Å². The Kier molecular flexibility index (Phi) is 3.99. The van der Waals surface area contributed by atoms with Gasteiger partial charge in [-0.3, -0.25) is 0 Å². The molecule has 0 unspecified atom stereocenters. The molecule has 1 N–H and O–H groups in total. The number of hydrogen-bond donors (Lipinski definition) is 1. The lowest BCUT2D eigenvalue weighted by atomic mass is 9.76. The minimum Gasteiger partial charge on any atom is -0.380 e. The summed E-state index contributed by atoms with van der Waals surface area (Å²) in [5.74, 6) is 0.299. The molecule has 0 aromatic heterocycles. The summed E-state index contributed by atoms with van der Waals surface area (Å²) in [6.45, 7) is 0. The highest BCUT2D eigenvalue weighted by atomic mass is 79.9. The summed E-state index contributed by atoms with van der Waals surface area (Å²) < 4.78 is 14.7. The van der Waals surface area contributed by atoms with Crippen molar-refractivity contribution in [2.24, 2.45) is 0 Å². The number of halogens is 3. The molecule has 1 saturated carbocycles. The highest BCUT2D eigenvalue weighted by Crippen LogP contribution is 2.39. The molecule has 1 nitrogen and oxygen atoms in total. The molecule has 20 heavy (non-hydrogen) atoms. The van der Waals surface area contributed by atoms with E-state index in [1.165, 1.54) is 11.6 Å². The quantitative estimate of drug-likeness (QED) is 0.756. The second-order valence-corrected chi connectivity index (χ2v) is 6.54. The second kappa shape index (κ2) is 5.74. The number of anilines is 1. The van der Waals surface area contributed by atoms with Gasteiger partial charge in [-0.25, -0.2) is 4.39 Å². The summed E-state index contributed by atoms with van der Waals surface area (Å²) in [6.07, 6.45) is 2.03. The van der Waals surface area contributed by atoms with Crippen molar-refractivity contribution in [1.29, 1.82) is 0 Å². The maximum Gasteiger partial charge on any atom is 0.146 e. The van der Waals surface area contributed by atoms with Gasteiger partial charge < -0.3 is 5.32 Å². The van der Waals surface area contributed by atoms with Gasteiger partial charge in [-0.2, -0.15) is 0 Å². The molecular weight excluding hydrogens is 341 g/mol. The molecule has 1 aliphatic carbocycles. The first kappa shape index (κ1) is 13.9. The molecule has 0 heterocycles. The van der Waals surface area contributed by atoms with Gasteiger partial charge in [-0.1, -0.05) is 39.7 Å². The van der Waals surface area contributed by atoms with E-state index in [1.54, 1.807) is 12.1 Å². The van der Waals surface area contributed by atoms with Crippen LogP contribution in [0.1, 0.15) is 24.3 Å². The smallest absolute Gasteiger partial charge is 0.146 e. The zero-order valence-corrected chi connectivity index (χ0v) is 13.1. The minimum absolute atomic E-state index is 0.250. The van der Waals surface area contributed by atoms with Gasteiger partial charge in [-0.15, -0.1) is 0 Å². The van der Waals surface area contributed by atoms with Crippen molar-refractivity contribution in [2.45, 2.75) is 24.8 Å². The summed E-state index contributed by atoms with van der Waals surface area (Å²) in [4.78, 5) is 0. The average Bonchev–Trinajstić information content (AvgIpc) is 2.37. The fourth-order valence-electron chi connectivity index (χ4n) is 2.60. The Morgan fingerprint density at radius 3 is 2.70 bits per heavy atom. The fraction of sp³-hybridized carbons (Fsp3) is 0.250. The van der Waals surface area contributed by atoms with Crippen molar-refractivity contribution < 1.29 is 4.39 Å². The van der Waals surface area contributed by atoms with Crippen molar-refractivity contribution >= 4 is 33.2 Å². The van der Waals surface area contributed by atoms with Crippen LogP contribution < -0.4 is 5.32 Å². The first-order valence-electron chi connectivity index (χ1n) is 6.59. The molecular formula is C16H14BrClFN. The average molecular weight is 355 g/mol. The Balaban J connectivity index is 1.62. The zero-order valence-electron chi connectivity index (χ0n) is 10.7. The Hall–Kier alpha value is -1.06. The van der Waals surface area contributed by atoms with E-state index in [-0.39, 0.29) is 5.82 Å². The molecule has 3 rings (SSSR count). The SMILES string of the molecule is Fc1ccc(Cl)cc1NC1CC(c2cccc(Br)c2)C1. The Labute approximate surface area is 131 Å². The van der Waals surface area contributed by atoms with Crippen LogP contribution in [0.5, 0.6) is 0 Å². The highest BCUT2D eigenvalue weighted by Gasteiger charge is 2.30. The van der Waals surface area contributed by atoms with Crippen molar-refractivity contribution in [2.75, 3.05) is 5.32 Å². The summed E-state index contributed by atoms with van der Waals surface area (Å²) in [6, 6.07) is 13.3. The third-order valence-corrected chi connectivity index (χ3v) is 4.47. The summed E-state index contributed by atoms with van der Waals surface area (Å²) in [5.41, 5.74) is 1.83. The number of nitrogens with one attached hydrogen (secondary N) is 1. The molecule has 1 aliphatic rings. The van der Waals surface area contributed by atoms with Crippen LogP contribution in [0.25, 0.3) is 0 Å². The lowest BCUT2D eigenvalue weighted by molar-refractivity contribution is 0.373. The van der Waals surface area contributed by atoms with E-state index in [1.807, 2.05) is 6.07 Å². The van der Waals surface area contributed by atoms with Gasteiger partial charge in [0.2, 0.25) is 0 Å². The van der Waals surface area contributed by atoms with E-state index in [2.05, 4.69) is 39.4 Å². The monoisotopic (exact) mass is 353 g/mol. The van der Waals surface area contributed by atoms with Gasteiger partial charge >= 0.3 is 0 Å². The molecule has 0 radical (unpaired) electrons. The summed E-state index contributed by atoms with van der Waals surface area (Å²) >= 11 is 9.38. The van der Waals surface area contributed by atoms with E-state index in [9.17, 15) is 4.39 Å². The van der Waals surface area contributed by atoms with Crippen molar-refractivity contribution in [3.05, 3.63) is 63.3 Å². The lowest BCUT2D eigenvalue weighted by Crippen LogP contribution is -2.34. The Bertz CT molecular complexity index is 626. The highest BCUT2D eigenvalue weighted by molar-refractivity contribution is 9.10. The minimum atomic E-state index is -0.250. The van der Waals surface area contributed by atoms with Crippen LogP contribution in [0, 0.1) is 5.82 Å². The molecule has 0 aliphatic heterocycles. The number of benzene rings is 2. The normalized spacial score (nSPS) is 21.4. The standard InChI is InChI=1S/C16H14BrClFN/c17-12-3-1-2-10(6-12)11-7-14(8-11)20-16-9-13(18)4-5-15(16)19/h1-6,9,11,14,20H,7-8H2. The predicted molar refractivity (Wildman–Crippen MR) is 84.9 cm³/mol. The van der Waals surface area contributed by atoms with Crippen LogP contribution >= 0.6 is 27.5 Å². The molecule has 0 atom stereocenters. The molecule has 2 aromatic rings. The molecule has 0 bridgehead atoms. The summed E-state index contributed by atoms with van der Waals surface area (Å²) in [5, 5.41) is 3.78. The van der Waals surface area contributed by atoms with E-state index in [4.69, 9.17) is 11.6 Å². The lowest BCUT2D eigenvalue weighted by Gasteiger charge is -2.37. The Morgan fingerprint density at radius 1 is 1.15 bits per heavy atom. The number of hydrogen-bond acceptors (Lipinski definition) is 1. The van der Waals surface area contributed by atoms with Gasteiger partial charge in [0, 0.05) is 15.5 Å². The van der Waals surface area contributed by atoms with E-state index in [0.29, 0.717) is 22.7 Å². The van der Waals surface area contributed by atoms with Gasteiger partial charge in [0.1, 0.15) is 5.82 Å². The van der Waals surface area contributed by atoms with E-state index in [0.717, 1.165) is 17.3 Å². The summed E-state index contributed by atoms with van der Waals surface area (Å²) in [7, 11) is 0. The molecule has 0 spiro atoms. The van der Waals surface area contributed by atoms with Crippen LogP contribution in [0.15, 0.2) is 46.9 Å². The molecule has 104 valence electrons. The zero-order chi connectivity index (χ0) is 14.1. The predicted octanol–water partition coefficient (Wildman–Crippen LogP) is 5.60. The van der Waals surface area contributed by atoms with Gasteiger partial charge in [-0.05, 0) is 54.7 Å². The maximum absolute atomic E-state index is 13.6. The van der Waals surface area contributed by atoms with Crippen LogP contribution in [0.3, 0.4) is 0 Å². The van der Waals surface area contributed by atoms with Crippen LogP contribution in [-0.2, 0) is 0 Å². The Morgan fingerprint density at radius 2 is 1.95 bits per heavy atom. The van der Waals surface area contributed by atoms with Gasteiger partial charge in [0.05, 0.1) is 5.69 Å². The van der Waals surface area contributed by atoms with Gasteiger partial charge in [0.25, 0.3) is 0 Å². The third-order valence-electron chi connectivity index (χ3n) is 3.75. The first-order valence-corrected chi connectivity index (χ1v) is 7.76. The second-order valence-electron chi connectivity index (χ2n) is 5.19. The van der Waals surface area contributed by atoms with Gasteiger partial charge in [0.15, 0.2) is 0 Å². The van der Waals surface area contributed by atoms with Crippen molar-refractivity contribution in [3.63, 3.8) is 0 Å². The molecule has 4 heteroatoms. The fourth-order valence-corrected chi connectivity index (χ4v) is 3.19. The topological polar surface area (TPSA) is 12.0 Å². The first-order chi connectivity index (χ1) is 9.61. The van der Waals surface area contributed by atoms with Crippen LogP contribution in [-0.4, -0.2) is 6.04 Å². The molecule has 0 saturated heterocycles. The van der Waals surface area contributed by atoms with Crippen molar-refractivity contribution in [1.82, 2.24) is 0 Å². The van der Waals surface area contributed by atoms with E-state index < -0.39 is 0 Å². The molecule has 1 fully saturated rings.